The van der Waals surface area contributed by atoms with Crippen LogP contribution in [0.1, 0.15) is 37.4 Å². The van der Waals surface area contributed by atoms with Gasteiger partial charge in [-0.2, -0.15) is 0 Å². The monoisotopic (exact) mass is 298 g/mol. The average Bonchev–Trinajstić information content (AvgIpc) is 3.07. The lowest BCUT2D eigenvalue weighted by molar-refractivity contribution is -0.118. The van der Waals surface area contributed by atoms with Crippen LogP contribution in [0, 0.1) is 0 Å². The van der Waals surface area contributed by atoms with Crippen LogP contribution < -0.4 is 11.1 Å². The summed E-state index contributed by atoms with van der Waals surface area (Å²) in [5.41, 5.74) is 5.07. The van der Waals surface area contributed by atoms with E-state index in [4.69, 9.17) is 5.73 Å². The van der Waals surface area contributed by atoms with Crippen LogP contribution in [0.3, 0.4) is 0 Å². The summed E-state index contributed by atoms with van der Waals surface area (Å²) in [6.45, 7) is 0.691. The molecule has 0 aromatic carbocycles. The normalized spacial score (nSPS) is 14.6. The molecule has 1 heterocycles. The first-order valence-corrected chi connectivity index (χ1v) is 6.51. The summed E-state index contributed by atoms with van der Waals surface area (Å²) in [6.07, 6.45) is 3.47. The molecule has 0 aliphatic heterocycles. The smallest absolute Gasteiger partial charge is 0.217 e. The zero-order valence-corrected chi connectivity index (χ0v) is 11.0. The number of hydrogen-bond donors (Lipinski definition) is 2. The van der Waals surface area contributed by atoms with E-state index in [1.807, 2.05) is 6.07 Å². The maximum Gasteiger partial charge on any atom is 0.217 e. The van der Waals surface area contributed by atoms with Gasteiger partial charge in [0.2, 0.25) is 5.91 Å². The van der Waals surface area contributed by atoms with Gasteiger partial charge in [-0.25, -0.2) is 9.97 Å². The zero-order valence-electron chi connectivity index (χ0n) is 9.45. The van der Waals surface area contributed by atoms with E-state index in [9.17, 15) is 4.79 Å². The molecular formula is C11H15BrN4O. The Bertz CT molecular complexity index is 420. The highest BCUT2D eigenvalue weighted by molar-refractivity contribution is 9.10. The zero-order chi connectivity index (χ0) is 12.3. The molecule has 1 aliphatic rings. The van der Waals surface area contributed by atoms with Crippen LogP contribution in [0.15, 0.2) is 10.7 Å². The summed E-state index contributed by atoms with van der Waals surface area (Å²) in [4.78, 5) is 19.4. The molecule has 92 valence electrons. The molecule has 0 atom stereocenters. The molecule has 0 saturated heterocycles. The van der Waals surface area contributed by atoms with Crippen LogP contribution >= 0.6 is 15.9 Å². The number of amides is 1. The Hall–Kier alpha value is -1.17. The molecule has 0 unspecified atom stereocenters. The first kappa shape index (κ1) is 12.3. The molecule has 0 spiro atoms. The molecule has 0 radical (unpaired) electrons. The number of aromatic nitrogens is 2. The summed E-state index contributed by atoms with van der Waals surface area (Å²) < 4.78 is 0.798. The predicted octanol–water partition coefficient (Wildman–Crippen LogP) is 1.79. The van der Waals surface area contributed by atoms with Crippen molar-refractivity contribution in [2.75, 3.05) is 11.9 Å². The highest BCUT2D eigenvalue weighted by atomic mass is 79.9. The van der Waals surface area contributed by atoms with Gasteiger partial charge in [0.15, 0.2) is 0 Å². The first-order chi connectivity index (χ1) is 8.15. The van der Waals surface area contributed by atoms with Gasteiger partial charge in [-0.1, -0.05) is 0 Å². The Morgan fingerprint density at radius 1 is 1.53 bits per heavy atom. The summed E-state index contributed by atoms with van der Waals surface area (Å²) in [5.74, 6) is 1.96. The number of nitrogens with zero attached hydrogens (tertiary/aromatic N) is 2. The molecule has 5 nitrogen and oxygen atoms in total. The SMILES string of the molecule is NC(=O)CCCNc1cc(Br)nc(C2CC2)n1. The lowest BCUT2D eigenvalue weighted by Crippen LogP contribution is -2.13. The number of rotatable bonds is 6. The van der Waals surface area contributed by atoms with Gasteiger partial charge in [-0.05, 0) is 35.2 Å². The van der Waals surface area contributed by atoms with E-state index in [0.29, 0.717) is 18.9 Å². The molecule has 1 aromatic rings. The Labute approximate surface area is 108 Å². The van der Waals surface area contributed by atoms with Gasteiger partial charge in [0.05, 0.1) is 0 Å². The van der Waals surface area contributed by atoms with E-state index in [1.165, 1.54) is 12.8 Å². The summed E-state index contributed by atoms with van der Waals surface area (Å²) in [7, 11) is 0. The summed E-state index contributed by atoms with van der Waals surface area (Å²) in [6, 6.07) is 1.84. The molecule has 6 heteroatoms. The second-order valence-electron chi connectivity index (χ2n) is 4.21. The van der Waals surface area contributed by atoms with Crippen LogP contribution in [-0.4, -0.2) is 22.4 Å². The van der Waals surface area contributed by atoms with Crippen LogP contribution in [0.5, 0.6) is 0 Å². The molecule has 1 fully saturated rings. The number of nitrogens with two attached hydrogens (primary N) is 1. The van der Waals surface area contributed by atoms with Crippen molar-refractivity contribution in [3.05, 3.63) is 16.5 Å². The third-order valence-electron chi connectivity index (χ3n) is 2.56. The van der Waals surface area contributed by atoms with Gasteiger partial charge in [0, 0.05) is 24.9 Å². The van der Waals surface area contributed by atoms with Crippen LogP contribution in [0.2, 0.25) is 0 Å². The fourth-order valence-electron chi connectivity index (χ4n) is 1.53. The van der Waals surface area contributed by atoms with Crippen molar-refractivity contribution in [2.45, 2.75) is 31.6 Å². The highest BCUT2D eigenvalue weighted by Crippen LogP contribution is 2.38. The molecule has 1 saturated carbocycles. The van der Waals surface area contributed by atoms with Gasteiger partial charge >= 0.3 is 0 Å². The molecule has 1 aliphatic carbocycles. The van der Waals surface area contributed by atoms with Crippen LogP contribution in [-0.2, 0) is 4.79 Å². The van der Waals surface area contributed by atoms with Gasteiger partial charge < -0.3 is 11.1 Å². The van der Waals surface area contributed by atoms with Crippen molar-refractivity contribution in [2.24, 2.45) is 5.73 Å². The molecule has 17 heavy (non-hydrogen) atoms. The minimum atomic E-state index is -0.269. The van der Waals surface area contributed by atoms with E-state index in [-0.39, 0.29) is 5.91 Å². The van der Waals surface area contributed by atoms with Gasteiger partial charge in [0.1, 0.15) is 16.2 Å². The Morgan fingerprint density at radius 2 is 2.29 bits per heavy atom. The number of primary amides is 1. The Kier molecular flexibility index (Phi) is 3.93. The van der Waals surface area contributed by atoms with E-state index in [1.54, 1.807) is 0 Å². The van der Waals surface area contributed by atoms with E-state index >= 15 is 0 Å². The number of carbonyl (C=O) groups excluding carboxylic acids is 1. The van der Waals surface area contributed by atoms with Gasteiger partial charge in [0.25, 0.3) is 0 Å². The van der Waals surface area contributed by atoms with Crippen LogP contribution in [0.4, 0.5) is 5.82 Å². The van der Waals surface area contributed by atoms with Crippen molar-refractivity contribution in [3.8, 4) is 0 Å². The minimum absolute atomic E-state index is 0.269. The van der Waals surface area contributed by atoms with Gasteiger partial charge in [-0.15, -0.1) is 0 Å². The highest BCUT2D eigenvalue weighted by Gasteiger charge is 2.27. The molecule has 1 amide bonds. The second kappa shape index (κ2) is 5.44. The second-order valence-corrected chi connectivity index (χ2v) is 5.02. The van der Waals surface area contributed by atoms with E-state index in [2.05, 4.69) is 31.2 Å². The number of halogens is 1. The molecule has 1 aromatic heterocycles. The number of anilines is 1. The Morgan fingerprint density at radius 3 is 2.94 bits per heavy atom. The van der Waals surface area contributed by atoms with Crippen molar-refractivity contribution >= 4 is 27.7 Å². The quantitative estimate of drug-likeness (QED) is 0.620. The lowest BCUT2D eigenvalue weighted by atomic mass is 10.3. The fourth-order valence-corrected chi connectivity index (χ4v) is 1.93. The average molecular weight is 299 g/mol. The van der Waals surface area contributed by atoms with E-state index in [0.717, 1.165) is 22.7 Å². The number of carbonyl (C=O) groups is 1. The van der Waals surface area contributed by atoms with Crippen molar-refractivity contribution in [1.82, 2.24) is 9.97 Å². The van der Waals surface area contributed by atoms with Crippen LogP contribution in [0.25, 0.3) is 0 Å². The maximum atomic E-state index is 10.6. The third-order valence-corrected chi connectivity index (χ3v) is 2.97. The number of nitrogens with one attached hydrogen (secondary N) is 1. The third kappa shape index (κ3) is 3.96. The Balaban J connectivity index is 1.89. The first-order valence-electron chi connectivity index (χ1n) is 5.72. The largest absolute Gasteiger partial charge is 0.370 e. The van der Waals surface area contributed by atoms with E-state index < -0.39 is 0 Å². The maximum absolute atomic E-state index is 10.6. The minimum Gasteiger partial charge on any atom is -0.370 e. The standard InChI is InChI=1S/C11H15BrN4O/c12-8-6-10(14-5-1-2-9(13)17)16-11(15-8)7-3-4-7/h6-7H,1-5H2,(H2,13,17)(H,14,15,16). The molecule has 2 rings (SSSR count). The van der Waals surface area contributed by atoms with Crippen molar-refractivity contribution < 1.29 is 4.79 Å². The summed E-state index contributed by atoms with van der Waals surface area (Å²) in [5, 5.41) is 3.18. The topological polar surface area (TPSA) is 80.9 Å². The van der Waals surface area contributed by atoms with Crippen molar-refractivity contribution in [3.63, 3.8) is 0 Å². The van der Waals surface area contributed by atoms with Gasteiger partial charge in [-0.3, -0.25) is 4.79 Å². The lowest BCUT2D eigenvalue weighted by Gasteiger charge is -2.06. The summed E-state index contributed by atoms with van der Waals surface area (Å²) >= 11 is 3.38. The predicted molar refractivity (Wildman–Crippen MR) is 68.6 cm³/mol. The van der Waals surface area contributed by atoms with Crippen molar-refractivity contribution in [1.29, 1.82) is 0 Å². The molecule has 3 N–H and O–H groups in total. The molecule has 0 bridgehead atoms. The number of hydrogen-bond acceptors (Lipinski definition) is 4. The fraction of sp³-hybridized carbons (Fsp3) is 0.545. The molecular weight excluding hydrogens is 284 g/mol.